The molecule has 0 saturated heterocycles. The Labute approximate surface area is 172 Å². The van der Waals surface area contributed by atoms with Crippen molar-refractivity contribution in [1.82, 2.24) is 15.2 Å². The maximum absolute atomic E-state index is 11.6. The number of aromatic nitrogens is 3. The first-order valence-electron chi connectivity index (χ1n) is 7.76. The van der Waals surface area contributed by atoms with Gasteiger partial charge in [-0.25, -0.2) is 4.98 Å². The lowest BCUT2D eigenvalue weighted by Gasteiger charge is -2.14. The second kappa shape index (κ2) is 8.94. The summed E-state index contributed by atoms with van der Waals surface area (Å²) in [6.07, 6.45) is 0. The highest BCUT2D eigenvalue weighted by molar-refractivity contribution is 9.10. The van der Waals surface area contributed by atoms with Crippen molar-refractivity contribution in [2.45, 2.75) is 23.9 Å². The molecular weight excluding hydrogens is 454 g/mol. The van der Waals surface area contributed by atoms with Gasteiger partial charge < -0.3 is 5.32 Å². The Morgan fingerprint density at radius 1 is 1.38 bits per heavy atom. The smallest absolute Gasteiger partial charge is 0.225 e. The molecule has 10 heteroatoms. The lowest BCUT2D eigenvalue weighted by atomic mass is 10.3. The topological polar surface area (TPSA) is 71.0 Å². The summed E-state index contributed by atoms with van der Waals surface area (Å²) in [6.45, 7) is 4.12. The molecule has 0 aliphatic rings. The lowest BCUT2D eigenvalue weighted by Crippen LogP contribution is -2.27. The molecule has 26 heavy (non-hydrogen) atoms. The number of rotatable bonds is 7. The van der Waals surface area contributed by atoms with Gasteiger partial charge in [-0.05, 0) is 25.1 Å². The highest BCUT2D eigenvalue weighted by Gasteiger charge is 2.14. The molecule has 0 unspecified atom stereocenters. The van der Waals surface area contributed by atoms with Crippen molar-refractivity contribution in [3.05, 3.63) is 39.8 Å². The first-order chi connectivity index (χ1) is 12.5. The molecule has 0 atom stereocenters. The van der Waals surface area contributed by atoms with Crippen molar-refractivity contribution in [3.8, 4) is 0 Å². The van der Waals surface area contributed by atoms with E-state index in [1.165, 1.54) is 22.7 Å². The van der Waals surface area contributed by atoms with E-state index >= 15 is 0 Å². The highest BCUT2D eigenvalue weighted by Crippen LogP contribution is 2.31. The van der Waals surface area contributed by atoms with Gasteiger partial charge in [-0.2, -0.15) is 0 Å². The summed E-state index contributed by atoms with van der Waals surface area (Å²) in [7, 11) is 0. The van der Waals surface area contributed by atoms with Gasteiger partial charge in [0.1, 0.15) is 0 Å². The molecule has 0 bridgehead atoms. The van der Waals surface area contributed by atoms with Crippen molar-refractivity contribution in [1.29, 1.82) is 0 Å². The minimum atomic E-state index is 0.00782. The third-order valence-corrected chi connectivity index (χ3v) is 6.70. The maximum atomic E-state index is 11.6. The monoisotopic (exact) mass is 469 g/mol. The SMILES string of the molecule is CCN(C(C)=O)c1nc(CSc2nnc(Nc3cccc(Br)c3)s2)cs1. The molecule has 0 aliphatic heterocycles. The fourth-order valence-electron chi connectivity index (χ4n) is 2.12. The van der Waals surface area contributed by atoms with E-state index in [9.17, 15) is 4.79 Å². The molecule has 3 aromatic rings. The number of thioether (sulfide) groups is 1. The van der Waals surface area contributed by atoms with Crippen LogP contribution in [-0.4, -0.2) is 27.6 Å². The molecule has 0 aliphatic carbocycles. The van der Waals surface area contributed by atoms with Crippen LogP contribution in [0.3, 0.4) is 0 Å². The van der Waals surface area contributed by atoms with Crippen molar-refractivity contribution in [2.24, 2.45) is 0 Å². The minimum Gasteiger partial charge on any atom is -0.330 e. The predicted octanol–water partition coefficient (Wildman–Crippen LogP) is 5.17. The Hall–Kier alpha value is -1.49. The molecule has 0 saturated carbocycles. The molecule has 136 valence electrons. The van der Waals surface area contributed by atoms with E-state index in [0.29, 0.717) is 12.3 Å². The van der Waals surface area contributed by atoms with E-state index in [1.54, 1.807) is 23.6 Å². The minimum absolute atomic E-state index is 0.00782. The summed E-state index contributed by atoms with van der Waals surface area (Å²) < 4.78 is 1.88. The van der Waals surface area contributed by atoms with Crippen LogP contribution in [0.1, 0.15) is 19.5 Å². The van der Waals surface area contributed by atoms with Crippen molar-refractivity contribution in [3.63, 3.8) is 0 Å². The third-order valence-electron chi connectivity index (χ3n) is 3.29. The van der Waals surface area contributed by atoms with Crippen LogP contribution >= 0.6 is 50.4 Å². The predicted molar refractivity (Wildman–Crippen MR) is 113 cm³/mol. The van der Waals surface area contributed by atoms with Gasteiger partial charge in [0, 0.05) is 34.8 Å². The van der Waals surface area contributed by atoms with Gasteiger partial charge in [-0.3, -0.25) is 9.69 Å². The van der Waals surface area contributed by atoms with Crippen LogP contribution in [0.5, 0.6) is 0 Å². The number of carbonyl (C=O) groups is 1. The molecule has 0 spiro atoms. The fourth-order valence-corrected chi connectivity index (χ4v) is 5.22. The number of nitrogens with zero attached hydrogens (tertiary/aromatic N) is 4. The summed E-state index contributed by atoms with van der Waals surface area (Å²) in [5, 5.41) is 15.1. The number of benzene rings is 1. The van der Waals surface area contributed by atoms with E-state index in [2.05, 4.69) is 36.4 Å². The van der Waals surface area contributed by atoms with Crippen LogP contribution < -0.4 is 10.2 Å². The normalized spacial score (nSPS) is 10.7. The van der Waals surface area contributed by atoms with Crippen molar-refractivity contribution >= 4 is 72.2 Å². The number of carbonyl (C=O) groups excluding carboxylic acids is 1. The number of hydrogen-bond donors (Lipinski definition) is 1. The molecule has 3 rings (SSSR count). The molecule has 0 fully saturated rings. The first-order valence-corrected chi connectivity index (χ1v) is 11.2. The summed E-state index contributed by atoms with van der Waals surface area (Å²) in [4.78, 5) is 17.8. The molecule has 0 radical (unpaired) electrons. The van der Waals surface area contributed by atoms with Gasteiger partial charge in [0.05, 0.1) is 5.69 Å². The van der Waals surface area contributed by atoms with E-state index in [0.717, 1.165) is 30.5 Å². The number of hydrogen-bond acceptors (Lipinski definition) is 8. The van der Waals surface area contributed by atoms with Crippen LogP contribution in [0.2, 0.25) is 0 Å². The zero-order valence-electron chi connectivity index (χ0n) is 14.1. The van der Waals surface area contributed by atoms with E-state index in [-0.39, 0.29) is 5.91 Å². The second-order valence-electron chi connectivity index (χ2n) is 5.18. The molecule has 6 nitrogen and oxygen atoms in total. The van der Waals surface area contributed by atoms with Gasteiger partial charge in [0.15, 0.2) is 9.47 Å². The van der Waals surface area contributed by atoms with Crippen molar-refractivity contribution < 1.29 is 4.79 Å². The molecule has 1 amide bonds. The fraction of sp³-hybridized carbons (Fsp3) is 0.250. The highest BCUT2D eigenvalue weighted by atomic mass is 79.9. The van der Waals surface area contributed by atoms with Crippen LogP contribution in [0.15, 0.2) is 38.5 Å². The van der Waals surface area contributed by atoms with Gasteiger partial charge >= 0.3 is 0 Å². The van der Waals surface area contributed by atoms with Crippen LogP contribution in [0, 0.1) is 0 Å². The molecular formula is C16H16BrN5OS3. The summed E-state index contributed by atoms with van der Waals surface area (Å²) >= 11 is 8.02. The number of thiazole rings is 1. The average Bonchev–Trinajstić information content (AvgIpc) is 3.23. The quantitative estimate of drug-likeness (QED) is 0.481. The molecule has 2 aromatic heterocycles. The van der Waals surface area contributed by atoms with Gasteiger partial charge in [-0.15, -0.1) is 21.5 Å². The zero-order valence-corrected chi connectivity index (χ0v) is 18.1. The Morgan fingerprint density at radius 3 is 2.96 bits per heavy atom. The molecule has 2 heterocycles. The van der Waals surface area contributed by atoms with Crippen LogP contribution in [0.4, 0.5) is 16.0 Å². The Kier molecular flexibility index (Phi) is 6.63. The maximum Gasteiger partial charge on any atom is 0.225 e. The average molecular weight is 470 g/mol. The number of halogens is 1. The lowest BCUT2D eigenvalue weighted by molar-refractivity contribution is -0.116. The standard InChI is InChI=1S/C16H16BrN5OS3/c1-3-22(10(2)23)15-19-13(8-24-15)9-25-16-21-20-14(26-16)18-12-6-4-5-11(17)7-12/h4-8H,3,9H2,1-2H3,(H,18,20). The van der Waals surface area contributed by atoms with Crippen molar-refractivity contribution in [2.75, 3.05) is 16.8 Å². The Balaban J connectivity index is 1.58. The van der Waals surface area contributed by atoms with E-state index in [4.69, 9.17) is 0 Å². The molecule has 1 aromatic carbocycles. The summed E-state index contributed by atoms with van der Waals surface area (Å²) in [6, 6.07) is 7.90. The van der Waals surface area contributed by atoms with Crippen LogP contribution in [-0.2, 0) is 10.5 Å². The summed E-state index contributed by atoms with van der Waals surface area (Å²) in [5.41, 5.74) is 1.89. The zero-order chi connectivity index (χ0) is 18.5. The summed E-state index contributed by atoms with van der Waals surface area (Å²) in [5.74, 6) is 0.700. The van der Waals surface area contributed by atoms with Crippen LogP contribution in [0.25, 0.3) is 0 Å². The second-order valence-corrected chi connectivity index (χ2v) is 9.13. The van der Waals surface area contributed by atoms with Gasteiger partial charge in [0.25, 0.3) is 0 Å². The Morgan fingerprint density at radius 2 is 2.23 bits per heavy atom. The van der Waals surface area contributed by atoms with Gasteiger partial charge in [-0.1, -0.05) is 45.1 Å². The largest absolute Gasteiger partial charge is 0.330 e. The number of amides is 1. The third kappa shape index (κ3) is 5.03. The number of nitrogens with one attached hydrogen (secondary N) is 1. The van der Waals surface area contributed by atoms with E-state index in [1.807, 2.05) is 36.6 Å². The first kappa shape index (κ1) is 19.3. The molecule has 1 N–H and O–H groups in total. The number of anilines is 3. The van der Waals surface area contributed by atoms with E-state index < -0.39 is 0 Å². The Bertz CT molecular complexity index is 897. The van der Waals surface area contributed by atoms with Gasteiger partial charge in [0.2, 0.25) is 11.0 Å².